The summed E-state index contributed by atoms with van der Waals surface area (Å²) >= 11 is 0. The van der Waals surface area contributed by atoms with E-state index in [1.165, 1.54) is 12.7 Å². The van der Waals surface area contributed by atoms with Crippen molar-refractivity contribution in [2.45, 2.75) is 38.8 Å². The lowest BCUT2D eigenvalue weighted by molar-refractivity contribution is -0.141. The molecule has 0 N–H and O–H groups in total. The van der Waals surface area contributed by atoms with Crippen molar-refractivity contribution in [3.8, 4) is 0 Å². The lowest BCUT2D eigenvalue weighted by atomic mass is 9.92. The van der Waals surface area contributed by atoms with E-state index >= 15 is 0 Å². The minimum atomic E-state index is -0.399. The van der Waals surface area contributed by atoms with E-state index < -0.39 is 6.09 Å². The van der Waals surface area contributed by atoms with Crippen molar-refractivity contribution >= 4 is 12.1 Å². The summed E-state index contributed by atoms with van der Waals surface area (Å²) < 4.78 is 10.4. The zero-order valence-corrected chi connectivity index (χ0v) is 15.8. The van der Waals surface area contributed by atoms with Gasteiger partial charge in [-0.15, -0.1) is 0 Å². The smallest absolute Gasteiger partial charge is 0.410 e. The first-order valence-corrected chi connectivity index (χ1v) is 9.22. The molecular formula is C22H25NO4. The number of rotatable bonds is 4. The van der Waals surface area contributed by atoms with E-state index in [1.54, 1.807) is 4.90 Å². The van der Waals surface area contributed by atoms with Crippen LogP contribution in [0.1, 0.15) is 41.1 Å². The third-order valence-corrected chi connectivity index (χ3v) is 5.00. The van der Waals surface area contributed by atoms with Gasteiger partial charge in [0.15, 0.2) is 0 Å². The third-order valence-electron chi connectivity index (χ3n) is 5.00. The van der Waals surface area contributed by atoms with Crippen molar-refractivity contribution in [3.63, 3.8) is 0 Å². The Bertz CT molecular complexity index is 803. The molecule has 0 saturated heterocycles. The molecule has 1 unspecified atom stereocenters. The number of esters is 1. The molecule has 5 nitrogen and oxygen atoms in total. The fourth-order valence-electron chi connectivity index (χ4n) is 3.66. The Labute approximate surface area is 159 Å². The van der Waals surface area contributed by atoms with E-state index in [0.717, 1.165) is 29.5 Å². The lowest BCUT2D eigenvalue weighted by Crippen LogP contribution is -2.37. The Hall–Kier alpha value is -2.82. The SMILES string of the molecule is COC(=O)CC1c2c(C)cccc2CCCN1C(=O)OCc1ccccc1. The standard InChI is InChI=1S/C22H25NO4/c1-16-8-6-11-18-12-7-13-23(19(21(16)18)14-20(24)26-2)22(25)27-15-17-9-4-3-5-10-17/h3-6,8-11,19H,7,12-15H2,1-2H3. The number of carbonyl (C=O) groups is 2. The van der Waals surface area contributed by atoms with Crippen LogP contribution in [0.25, 0.3) is 0 Å². The first-order valence-electron chi connectivity index (χ1n) is 9.22. The molecule has 0 aliphatic carbocycles. The monoisotopic (exact) mass is 367 g/mol. The maximum atomic E-state index is 12.9. The summed E-state index contributed by atoms with van der Waals surface area (Å²) in [4.78, 5) is 26.6. The normalized spacial score (nSPS) is 16.2. The Balaban J connectivity index is 1.86. The van der Waals surface area contributed by atoms with Crippen molar-refractivity contribution in [3.05, 3.63) is 70.8 Å². The zero-order chi connectivity index (χ0) is 19.2. The van der Waals surface area contributed by atoms with Gasteiger partial charge < -0.3 is 14.4 Å². The average molecular weight is 367 g/mol. The van der Waals surface area contributed by atoms with Gasteiger partial charge in [-0.25, -0.2) is 4.79 Å². The maximum Gasteiger partial charge on any atom is 0.410 e. The second kappa shape index (κ2) is 8.71. The summed E-state index contributed by atoms with van der Waals surface area (Å²) in [5, 5.41) is 0. The molecule has 1 heterocycles. The molecule has 0 saturated carbocycles. The van der Waals surface area contributed by atoms with Gasteiger partial charge in [-0.05, 0) is 42.0 Å². The molecule has 0 fully saturated rings. The van der Waals surface area contributed by atoms with Crippen LogP contribution in [0.3, 0.4) is 0 Å². The second-order valence-electron chi connectivity index (χ2n) is 6.78. The Morgan fingerprint density at radius 2 is 1.89 bits per heavy atom. The van der Waals surface area contributed by atoms with Crippen molar-refractivity contribution in [1.82, 2.24) is 4.90 Å². The molecule has 5 heteroatoms. The van der Waals surface area contributed by atoms with E-state index in [9.17, 15) is 9.59 Å². The Kier molecular flexibility index (Phi) is 6.12. The predicted octanol–water partition coefficient (Wildman–Crippen LogP) is 4.18. The topological polar surface area (TPSA) is 55.8 Å². The quantitative estimate of drug-likeness (QED) is 0.761. The molecule has 3 rings (SSSR count). The molecule has 0 spiro atoms. The first-order chi connectivity index (χ1) is 13.1. The second-order valence-corrected chi connectivity index (χ2v) is 6.78. The van der Waals surface area contributed by atoms with Gasteiger partial charge in [-0.3, -0.25) is 4.79 Å². The molecule has 2 aromatic carbocycles. The molecule has 1 aliphatic heterocycles. The summed E-state index contributed by atoms with van der Waals surface area (Å²) in [6.07, 6.45) is 1.42. The lowest BCUT2D eigenvalue weighted by Gasteiger charge is -2.30. The fourth-order valence-corrected chi connectivity index (χ4v) is 3.66. The van der Waals surface area contributed by atoms with E-state index in [-0.39, 0.29) is 25.0 Å². The predicted molar refractivity (Wildman–Crippen MR) is 102 cm³/mol. The largest absolute Gasteiger partial charge is 0.469 e. The van der Waals surface area contributed by atoms with Crippen molar-refractivity contribution in [2.24, 2.45) is 0 Å². The number of nitrogens with zero attached hydrogens (tertiary/aromatic N) is 1. The van der Waals surface area contributed by atoms with Gasteiger partial charge in [-0.1, -0.05) is 48.5 Å². The van der Waals surface area contributed by atoms with Crippen LogP contribution >= 0.6 is 0 Å². The molecule has 1 amide bonds. The highest BCUT2D eigenvalue weighted by Gasteiger charge is 2.33. The summed E-state index contributed by atoms with van der Waals surface area (Å²) in [6.45, 7) is 2.77. The molecular weight excluding hydrogens is 342 g/mol. The van der Waals surface area contributed by atoms with Gasteiger partial charge in [0, 0.05) is 6.54 Å². The number of carbonyl (C=O) groups excluding carboxylic acids is 2. The van der Waals surface area contributed by atoms with E-state index in [0.29, 0.717) is 6.54 Å². The number of fused-ring (bicyclic) bond motifs is 1. The summed E-state index contributed by atoms with van der Waals surface area (Å²) in [5.41, 5.74) is 4.23. The third kappa shape index (κ3) is 4.48. The van der Waals surface area contributed by atoms with Crippen LogP contribution in [-0.4, -0.2) is 30.6 Å². The van der Waals surface area contributed by atoms with Crippen LogP contribution in [0, 0.1) is 6.92 Å². The van der Waals surface area contributed by atoms with Gasteiger partial charge in [0.05, 0.1) is 19.6 Å². The molecule has 27 heavy (non-hydrogen) atoms. The van der Waals surface area contributed by atoms with Crippen molar-refractivity contribution < 1.29 is 19.1 Å². The van der Waals surface area contributed by atoms with E-state index in [2.05, 4.69) is 6.07 Å². The van der Waals surface area contributed by atoms with Crippen molar-refractivity contribution in [1.29, 1.82) is 0 Å². The highest BCUT2D eigenvalue weighted by atomic mass is 16.6. The molecule has 0 radical (unpaired) electrons. The molecule has 0 bridgehead atoms. The van der Waals surface area contributed by atoms with Gasteiger partial charge in [0.25, 0.3) is 0 Å². The van der Waals surface area contributed by atoms with Gasteiger partial charge >= 0.3 is 12.1 Å². The van der Waals surface area contributed by atoms with Crippen LogP contribution in [0.2, 0.25) is 0 Å². The number of aryl methyl sites for hydroxylation is 2. The number of ether oxygens (including phenoxy) is 2. The number of hydrogen-bond acceptors (Lipinski definition) is 4. The summed E-state index contributed by atoms with van der Waals surface area (Å²) in [6, 6.07) is 15.3. The van der Waals surface area contributed by atoms with Crippen LogP contribution in [0.5, 0.6) is 0 Å². The summed E-state index contributed by atoms with van der Waals surface area (Å²) in [7, 11) is 1.37. The number of benzene rings is 2. The fraction of sp³-hybridized carbons (Fsp3) is 0.364. The average Bonchev–Trinajstić information content (AvgIpc) is 2.87. The molecule has 2 aromatic rings. The van der Waals surface area contributed by atoms with Crippen molar-refractivity contribution in [2.75, 3.05) is 13.7 Å². The minimum absolute atomic E-state index is 0.120. The van der Waals surface area contributed by atoms with Crippen LogP contribution in [-0.2, 0) is 27.3 Å². The van der Waals surface area contributed by atoms with Gasteiger partial charge in [0.2, 0.25) is 0 Å². The molecule has 0 aromatic heterocycles. The Morgan fingerprint density at radius 1 is 1.11 bits per heavy atom. The van der Waals surface area contributed by atoms with Crippen LogP contribution in [0.15, 0.2) is 48.5 Å². The number of methoxy groups -OCH3 is 1. The maximum absolute atomic E-state index is 12.9. The number of hydrogen-bond donors (Lipinski definition) is 0. The number of amides is 1. The first kappa shape index (κ1) is 19.0. The highest BCUT2D eigenvalue weighted by Crippen LogP contribution is 2.34. The molecule has 1 aliphatic rings. The van der Waals surface area contributed by atoms with Crippen LogP contribution < -0.4 is 0 Å². The van der Waals surface area contributed by atoms with Crippen LogP contribution in [0.4, 0.5) is 4.79 Å². The van der Waals surface area contributed by atoms with Gasteiger partial charge in [-0.2, -0.15) is 0 Å². The zero-order valence-electron chi connectivity index (χ0n) is 15.8. The Morgan fingerprint density at radius 3 is 2.63 bits per heavy atom. The van der Waals surface area contributed by atoms with Gasteiger partial charge in [0.1, 0.15) is 6.61 Å². The van der Waals surface area contributed by atoms with E-state index in [4.69, 9.17) is 9.47 Å². The van der Waals surface area contributed by atoms with E-state index in [1.807, 2.05) is 49.4 Å². The highest BCUT2D eigenvalue weighted by molar-refractivity contribution is 5.74. The summed E-state index contributed by atoms with van der Waals surface area (Å²) in [5.74, 6) is -0.336. The molecule has 1 atom stereocenters. The minimum Gasteiger partial charge on any atom is -0.469 e. The molecule has 142 valence electrons.